The van der Waals surface area contributed by atoms with Gasteiger partial charge in [0, 0.05) is 6.10 Å². The summed E-state index contributed by atoms with van der Waals surface area (Å²) >= 11 is 0. The van der Waals surface area contributed by atoms with E-state index in [2.05, 4.69) is 72.7 Å². The van der Waals surface area contributed by atoms with Gasteiger partial charge in [0.15, 0.2) is 8.32 Å². The highest BCUT2D eigenvalue weighted by atomic mass is 28.4. The van der Waals surface area contributed by atoms with E-state index in [0.29, 0.717) is 29.4 Å². The van der Waals surface area contributed by atoms with Crippen LogP contribution in [0.25, 0.3) is 0 Å². The van der Waals surface area contributed by atoms with Crippen LogP contribution >= 0.6 is 0 Å². The average Bonchev–Trinajstić information content (AvgIpc) is 3.38. The van der Waals surface area contributed by atoms with Gasteiger partial charge in [-0.2, -0.15) is 0 Å². The lowest BCUT2D eigenvalue weighted by Crippen LogP contribution is -2.62. The second-order valence-corrected chi connectivity index (χ2v) is 20.7. The largest absolute Gasteiger partial charge is 0.414 e. The molecule has 4 rings (SSSR count). The van der Waals surface area contributed by atoms with Crippen molar-refractivity contribution in [1.82, 2.24) is 5.32 Å². The Hall–Kier alpha value is -1.05. The van der Waals surface area contributed by atoms with Crippen molar-refractivity contribution in [3.63, 3.8) is 0 Å². The molecule has 0 bridgehead atoms. The lowest BCUT2D eigenvalue weighted by atomic mass is 9.41. The summed E-state index contributed by atoms with van der Waals surface area (Å²) in [5.41, 5.74) is 0.887. The van der Waals surface area contributed by atoms with E-state index in [0.717, 1.165) is 54.3 Å². The van der Waals surface area contributed by atoms with Crippen LogP contribution in [0.4, 0.5) is 0 Å². The monoisotopic (exact) mass is 609 g/mol. The van der Waals surface area contributed by atoms with Crippen LogP contribution in [0.5, 0.6) is 0 Å². The Kier molecular flexibility index (Phi) is 11.8. The van der Waals surface area contributed by atoms with Gasteiger partial charge < -0.3 is 9.74 Å². The van der Waals surface area contributed by atoms with Crippen molar-refractivity contribution in [2.24, 2.45) is 58.2 Å². The molecule has 0 aromatic heterocycles. The van der Waals surface area contributed by atoms with E-state index in [-0.39, 0.29) is 5.91 Å². The van der Waals surface area contributed by atoms with Gasteiger partial charge in [-0.15, -0.1) is 6.42 Å². The molecule has 1 N–H and O–H groups in total. The zero-order valence-electron chi connectivity index (χ0n) is 29.4. The Labute approximate surface area is 267 Å². The number of hydrogen-bond acceptors (Lipinski definition) is 2. The van der Waals surface area contributed by atoms with Crippen molar-refractivity contribution >= 4 is 14.2 Å². The molecule has 244 valence electrons. The van der Waals surface area contributed by atoms with Gasteiger partial charge in [-0.1, -0.05) is 80.2 Å². The molecule has 0 aromatic carbocycles. The van der Waals surface area contributed by atoms with Gasteiger partial charge in [0.25, 0.3) is 0 Å². The Morgan fingerprint density at radius 2 is 1.74 bits per heavy atom. The SMILES string of the molecule is C#CCNC(=O)C=CCC[C@@H](C)[C@H]1CC[C@H]2C3C(O[Si](CC)(CC)CC)C[C@@H]4C[C@H](CC)CC[C@]4(C)[C@H]3C[C@H](CC)[C@]12C. The molecule has 4 aliphatic rings. The fraction of sp³-hybridized carbons (Fsp3) is 0.872. The summed E-state index contributed by atoms with van der Waals surface area (Å²) in [7, 11) is -1.71. The van der Waals surface area contributed by atoms with E-state index in [9.17, 15) is 4.79 Å². The molecular formula is C39H67NO2Si. The molecule has 0 heterocycles. The minimum absolute atomic E-state index is 0.0724. The maximum absolute atomic E-state index is 12.0. The van der Waals surface area contributed by atoms with Gasteiger partial charge in [0.05, 0.1) is 6.54 Å². The van der Waals surface area contributed by atoms with Crippen molar-refractivity contribution in [2.45, 2.75) is 150 Å². The second kappa shape index (κ2) is 14.6. The molecule has 4 fully saturated rings. The maximum atomic E-state index is 12.0. The highest BCUT2D eigenvalue weighted by molar-refractivity contribution is 6.73. The summed E-state index contributed by atoms with van der Waals surface area (Å²) in [6.07, 6.45) is 24.2. The first-order valence-corrected chi connectivity index (χ1v) is 21.2. The first-order chi connectivity index (χ1) is 20.6. The molecule has 0 saturated heterocycles. The summed E-state index contributed by atoms with van der Waals surface area (Å²) in [5.74, 6) is 8.77. The third kappa shape index (κ3) is 6.61. The summed E-state index contributed by atoms with van der Waals surface area (Å²) in [5, 5.41) is 2.75. The molecule has 0 radical (unpaired) electrons. The molecule has 4 aliphatic carbocycles. The normalized spacial score (nSPS) is 39.9. The van der Waals surface area contributed by atoms with Crippen LogP contribution in [-0.4, -0.2) is 26.9 Å². The molecule has 4 heteroatoms. The third-order valence-corrected chi connectivity index (χ3v) is 19.4. The molecule has 1 amide bonds. The van der Waals surface area contributed by atoms with Crippen molar-refractivity contribution < 1.29 is 9.22 Å². The summed E-state index contributed by atoms with van der Waals surface area (Å²) in [6, 6.07) is 3.79. The minimum Gasteiger partial charge on any atom is -0.414 e. The zero-order valence-corrected chi connectivity index (χ0v) is 30.4. The van der Waals surface area contributed by atoms with E-state index in [1.807, 2.05) is 0 Å². The van der Waals surface area contributed by atoms with E-state index >= 15 is 0 Å². The van der Waals surface area contributed by atoms with E-state index in [4.69, 9.17) is 10.8 Å². The maximum Gasteiger partial charge on any atom is 0.244 e. The molecule has 4 saturated carbocycles. The number of hydrogen-bond donors (Lipinski definition) is 1. The fourth-order valence-corrected chi connectivity index (χ4v) is 14.7. The first kappa shape index (κ1) is 34.8. The number of rotatable bonds is 13. The molecule has 0 aliphatic heterocycles. The average molecular weight is 610 g/mol. The van der Waals surface area contributed by atoms with Crippen molar-refractivity contribution in [3.05, 3.63) is 12.2 Å². The molecule has 43 heavy (non-hydrogen) atoms. The molecule has 0 spiro atoms. The van der Waals surface area contributed by atoms with Gasteiger partial charge in [-0.05, 0) is 140 Å². The quantitative estimate of drug-likeness (QED) is 0.128. The Balaban J connectivity index is 1.62. The number of carbonyl (C=O) groups is 1. The van der Waals surface area contributed by atoms with Crippen LogP contribution in [-0.2, 0) is 9.22 Å². The van der Waals surface area contributed by atoms with Crippen LogP contribution in [0.3, 0.4) is 0 Å². The standard InChI is InChI=1S/C39H67NO2Si/c1-10-24-40-36(41)19-17-16-18-28(7)32-20-21-33-37-34(26-30(12-3)39(32,33)9)38(8)23-22-29(11-2)25-31(38)27-35(37)42-43(13-4,14-5)15-6/h1,17,19,28-35,37H,11-16,18,20-27H2,2-9H3,(H,40,41)/t28-,29-,30+,31+,32-,33+,34+,35?,37?,38+,39-/m1/s1. The van der Waals surface area contributed by atoms with Gasteiger partial charge in [-0.3, -0.25) is 4.79 Å². The number of allylic oxidation sites excluding steroid dienone is 1. The van der Waals surface area contributed by atoms with E-state index in [1.165, 1.54) is 75.9 Å². The molecule has 2 unspecified atom stereocenters. The summed E-state index contributed by atoms with van der Waals surface area (Å²) in [6.45, 7) is 20.5. The second-order valence-electron chi connectivity index (χ2n) is 15.9. The van der Waals surface area contributed by atoms with Gasteiger partial charge >= 0.3 is 0 Å². The van der Waals surface area contributed by atoms with Crippen molar-refractivity contribution in [1.29, 1.82) is 0 Å². The fourth-order valence-electron chi connectivity index (χ4n) is 11.8. The van der Waals surface area contributed by atoms with Crippen molar-refractivity contribution in [3.8, 4) is 12.3 Å². The molecular weight excluding hydrogens is 543 g/mol. The van der Waals surface area contributed by atoms with E-state index < -0.39 is 8.32 Å². The predicted octanol–water partition coefficient (Wildman–Crippen LogP) is 10.0. The van der Waals surface area contributed by atoms with Crippen LogP contribution < -0.4 is 5.32 Å². The van der Waals surface area contributed by atoms with Crippen LogP contribution in [0.1, 0.15) is 126 Å². The number of nitrogens with one attached hydrogen (secondary N) is 1. The van der Waals surface area contributed by atoms with Crippen LogP contribution in [0.15, 0.2) is 12.2 Å². The first-order valence-electron chi connectivity index (χ1n) is 18.6. The van der Waals surface area contributed by atoms with Gasteiger partial charge in [0.2, 0.25) is 5.91 Å². The smallest absolute Gasteiger partial charge is 0.244 e. The Morgan fingerprint density at radius 3 is 2.37 bits per heavy atom. The minimum atomic E-state index is -1.71. The number of carbonyl (C=O) groups excluding carboxylic acids is 1. The highest BCUT2D eigenvalue weighted by Gasteiger charge is 2.66. The van der Waals surface area contributed by atoms with Crippen LogP contribution in [0.2, 0.25) is 18.1 Å². The molecule has 0 aromatic rings. The van der Waals surface area contributed by atoms with E-state index in [1.54, 1.807) is 6.08 Å². The third-order valence-electron chi connectivity index (χ3n) is 14.7. The van der Waals surface area contributed by atoms with Gasteiger partial charge in [0.1, 0.15) is 0 Å². The lowest BCUT2D eigenvalue weighted by molar-refractivity contribution is -0.185. The molecule has 3 nitrogen and oxygen atoms in total. The number of terminal acetylenes is 1. The Morgan fingerprint density at radius 1 is 1.02 bits per heavy atom. The molecule has 11 atom stereocenters. The van der Waals surface area contributed by atoms with Crippen LogP contribution in [0, 0.1) is 70.5 Å². The Bertz CT molecular complexity index is 989. The van der Waals surface area contributed by atoms with Gasteiger partial charge in [-0.25, -0.2) is 0 Å². The lowest BCUT2D eigenvalue weighted by Gasteiger charge is -2.66. The predicted molar refractivity (Wildman–Crippen MR) is 185 cm³/mol. The zero-order chi connectivity index (χ0) is 31.4. The van der Waals surface area contributed by atoms with Crippen molar-refractivity contribution in [2.75, 3.05) is 6.54 Å². The number of fused-ring (bicyclic) bond motifs is 5. The highest BCUT2D eigenvalue weighted by Crippen LogP contribution is 2.71. The summed E-state index contributed by atoms with van der Waals surface area (Å²) < 4.78 is 7.69. The summed E-state index contributed by atoms with van der Waals surface area (Å²) in [4.78, 5) is 12.0. The number of amides is 1. The topological polar surface area (TPSA) is 38.3 Å².